The highest BCUT2D eigenvalue weighted by Crippen LogP contribution is 2.34. The van der Waals surface area contributed by atoms with Crippen molar-refractivity contribution < 1.29 is 23.9 Å². The third kappa shape index (κ3) is 6.05. The summed E-state index contributed by atoms with van der Waals surface area (Å²) in [6.45, 7) is 4.54. The van der Waals surface area contributed by atoms with Crippen LogP contribution in [-0.2, 0) is 9.59 Å². The van der Waals surface area contributed by atoms with Crippen molar-refractivity contribution in [1.29, 1.82) is 0 Å². The van der Waals surface area contributed by atoms with Crippen LogP contribution in [0.1, 0.15) is 25.8 Å². The molecular weight excluding hydrogens is 452 g/mol. The van der Waals surface area contributed by atoms with Crippen LogP contribution < -0.4 is 14.8 Å². The lowest BCUT2D eigenvalue weighted by atomic mass is 10.2. The third-order valence-electron chi connectivity index (χ3n) is 4.33. The molecule has 0 aromatic heterocycles. The Labute approximate surface area is 195 Å². The van der Waals surface area contributed by atoms with Crippen LogP contribution in [0.15, 0.2) is 47.4 Å². The summed E-state index contributed by atoms with van der Waals surface area (Å²) in [6.07, 6.45) is 2.47. The van der Waals surface area contributed by atoms with E-state index in [4.69, 9.17) is 21.1 Å². The second-order valence-corrected chi connectivity index (χ2v) is 8.24. The first-order chi connectivity index (χ1) is 15.4. The Hall–Kier alpha value is -2.97. The highest BCUT2D eigenvalue weighted by atomic mass is 35.5. The Morgan fingerprint density at radius 2 is 1.84 bits per heavy atom. The molecule has 1 saturated heterocycles. The minimum absolute atomic E-state index is 0.235. The maximum atomic E-state index is 12.7. The zero-order valence-electron chi connectivity index (χ0n) is 17.7. The number of thioether (sulfide) groups is 1. The molecule has 32 heavy (non-hydrogen) atoms. The summed E-state index contributed by atoms with van der Waals surface area (Å²) in [5.74, 6) is 0.191. The minimum atomic E-state index is -0.518. The van der Waals surface area contributed by atoms with Gasteiger partial charge in [0.2, 0.25) is 5.91 Å². The van der Waals surface area contributed by atoms with Crippen LogP contribution in [0.5, 0.6) is 11.5 Å². The predicted molar refractivity (Wildman–Crippen MR) is 126 cm³/mol. The summed E-state index contributed by atoms with van der Waals surface area (Å²) in [5, 5.41) is 2.68. The number of hydrogen-bond donors (Lipinski definition) is 1. The Kier molecular flexibility index (Phi) is 8.19. The molecule has 0 aliphatic carbocycles. The number of ether oxygens (including phenoxy) is 2. The smallest absolute Gasteiger partial charge is 0.294 e. The molecule has 1 N–H and O–H groups in total. The van der Waals surface area contributed by atoms with Gasteiger partial charge < -0.3 is 14.8 Å². The standard InChI is InChI=1S/C23H23ClN2O5S/c1-3-11-31-18-10-5-15(12-19(18)30-4-2)13-20-22(28)26(23(29)32-20)14-21(27)25-17-8-6-16(24)7-9-17/h5-10,12-13H,3-4,11,14H2,1-2H3,(H,25,27)/b20-13-. The lowest BCUT2D eigenvalue weighted by Gasteiger charge is -2.13. The van der Waals surface area contributed by atoms with Gasteiger partial charge in [-0.15, -0.1) is 0 Å². The number of nitrogens with zero attached hydrogens (tertiary/aromatic N) is 1. The van der Waals surface area contributed by atoms with Gasteiger partial charge in [-0.25, -0.2) is 0 Å². The van der Waals surface area contributed by atoms with Gasteiger partial charge in [0.15, 0.2) is 11.5 Å². The molecule has 9 heteroatoms. The van der Waals surface area contributed by atoms with Crippen LogP contribution >= 0.6 is 23.4 Å². The number of benzene rings is 2. The predicted octanol–water partition coefficient (Wildman–Crippen LogP) is 5.20. The first-order valence-corrected chi connectivity index (χ1v) is 11.3. The summed E-state index contributed by atoms with van der Waals surface area (Å²) in [6, 6.07) is 11.9. The molecule has 3 amide bonds. The monoisotopic (exact) mass is 474 g/mol. The molecule has 2 aromatic rings. The van der Waals surface area contributed by atoms with E-state index in [-0.39, 0.29) is 11.4 Å². The fourth-order valence-corrected chi connectivity index (χ4v) is 3.84. The largest absolute Gasteiger partial charge is 0.490 e. The average Bonchev–Trinajstić information content (AvgIpc) is 3.02. The van der Waals surface area contributed by atoms with E-state index >= 15 is 0 Å². The van der Waals surface area contributed by atoms with Gasteiger partial charge >= 0.3 is 0 Å². The fraction of sp³-hybridized carbons (Fsp3) is 0.261. The van der Waals surface area contributed by atoms with E-state index in [9.17, 15) is 14.4 Å². The number of rotatable bonds is 9. The van der Waals surface area contributed by atoms with Gasteiger partial charge in [-0.05, 0) is 73.1 Å². The van der Waals surface area contributed by atoms with E-state index in [2.05, 4.69) is 5.32 Å². The lowest BCUT2D eigenvalue weighted by molar-refractivity contribution is -0.127. The maximum absolute atomic E-state index is 12.7. The Morgan fingerprint density at radius 3 is 2.53 bits per heavy atom. The molecule has 0 saturated carbocycles. The second kappa shape index (κ2) is 11.1. The van der Waals surface area contributed by atoms with E-state index in [1.54, 1.807) is 48.5 Å². The van der Waals surface area contributed by atoms with Crippen molar-refractivity contribution in [3.8, 4) is 11.5 Å². The number of anilines is 1. The van der Waals surface area contributed by atoms with Crippen LogP contribution in [-0.4, -0.2) is 41.7 Å². The van der Waals surface area contributed by atoms with E-state index in [0.717, 1.165) is 23.1 Å². The summed E-state index contributed by atoms with van der Waals surface area (Å²) in [5.41, 5.74) is 1.21. The van der Waals surface area contributed by atoms with Crippen molar-refractivity contribution in [3.05, 3.63) is 58.0 Å². The van der Waals surface area contributed by atoms with Crippen molar-refractivity contribution in [2.75, 3.05) is 25.1 Å². The summed E-state index contributed by atoms with van der Waals surface area (Å²) in [4.78, 5) is 38.5. The topological polar surface area (TPSA) is 84.9 Å². The van der Waals surface area contributed by atoms with E-state index in [0.29, 0.717) is 41.0 Å². The van der Waals surface area contributed by atoms with Crippen molar-refractivity contribution >= 4 is 52.2 Å². The maximum Gasteiger partial charge on any atom is 0.294 e. The van der Waals surface area contributed by atoms with Crippen LogP contribution in [0.4, 0.5) is 10.5 Å². The van der Waals surface area contributed by atoms with E-state index < -0.39 is 17.1 Å². The molecule has 1 fully saturated rings. The molecule has 1 aliphatic rings. The van der Waals surface area contributed by atoms with E-state index in [1.165, 1.54) is 0 Å². The first-order valence-electron chi connectivity index (χ1n) is 10.1. The SMILES string of the molecule is CCCOc1ccc(/C=C2\SC(=O)N(CC(=O)Nc3ccc(Cl)cc3)C2=O)cc1OCC. The summed E-state index contributed by atoms with van der Waals surface area (Å²) >= 11 is 6.62. The van der Waals surface area contributed by atoms with Crippen LogP contribution in [0.2, 0.25) is 5.02 Å². The average molecular weight is 475 g/mol. The number of carbonyl (C=O) groups excluding carboxylic acids is 3. The normalized spacial score (nSPS) is 14.7. The molecule has 2 aromatic carbocycles. The van der Waals surface area contributed by atoms with Crippen molar-refractivity contribution in [3.63, 3.8) is 0 Å². The van der Waals surface area contributed by atoms with Crippen molar-refractivity contribution in [1.82, 2.24) is 4.90 Å². The molecular formula is C23H23ClN2O5S. The molecule has 0 unspecified atom stereocenters. The summed E-state index contributed by atoms with van der Waals surface area (Å²) in [7, 11) is 0. The molecule has 0 spiro atoms. The zero-order chi connectivity index (χ0) is 23.1. The highest BCUT2D eigenvalue weighted by molar-refractivity contribution is 8.18. The Morgan fingerprint density at radius 1 is 1.09 bits per heavy atom. The molecule has 0 radical (unpaired) electrons. The number of halogens is 1. The molecule has 1 heterocycles. The molecule has 1 aliphatic heterocycles. The van der Waals surface area contributed by atoms with E-state index in [1.807, 2.05) is 13.8 Å². The fourth-order valence-electron chi connectivity index (χ4n) is 2.88. The van der Waals surface area contributed by atoms with Crippen LogP contribution in [0.25, 0.3) is 6.08 Å². The molecule has 168 valence electrons. The minimum Gasteiger partial charge on any atom is -0.490 e. The third-order valence-corrected chi connectivity index (χ3v) is 5.49. The zero-order valence-corrected chi connectivity index (χ0v) is 19.3. The summed E-state index contributed by atoms with van der Waals surface area (Å²) < 4.78 is 11.3. The van der Waals surface area contributed by atoms with Gasteiger partial charge in [-0.1, -0.05) is 24.6 Å². The highest BCUT2D eigenvalue weighted by Gasteiger charge is 2.36. The van der Waals surface area contributed by atoms with Gasteiger partial charge in [0.25, 0.3) is 11.1 Å². The second-order valence-electron chi connectivity index (χ2n) is 6.81. The molecule has 0 bridgehead atoms. The van der Waals surface area contributed by atoms with Gasteiger partial charge in [0.1, 0.15) is 6.54 Å². The number of amides is 3. The lowest BCUT2D eigenvalue weighted by Crippen LogP contribution is -2.36. The van der Waals surface area contributed by atoms with Gasteiger partial charge in [0, 0.05) is 10.7 Å². The number of carbonyl (C=O) groups is 3. The molecule has 7 nitrogen and oxygen atoms in total. The Bertz CT molecular complexity index is 1040. The van der Waals surface area contributed by atoms with Gasteiger partial charge in [-0.3, -0.25) is 19.3 Å². The van der Waals surface area contributed by atoms with Crippen molar-refractivity contribution in [2.24, 2.45) is 0 Å². The number of hydrogen-bond acceptors (Lipinski definition) is 6. The van der Waals surface area contributed by atoms with Crippen molar-refractivity contribution in [2.45, 2.75) is 20.3 Å². The number of imide groups is 1. The van der Waals surface area contributed by atoms with Crippen LogP contribution in [0, 0.1) is 0 Å². The van der Waals surface area contributed by atoms with Crippen LogP contribution in [0.3, 0.4) is 0 Å². The first kappa shape index (κ1) is 23.7. The molecule has 0 atom stereocenters. The van der Waals surface area contributed by atoms with Gasteiger partial charge in [-0.2, -0.15) is 0 Å². The van der Waals surface area contributed by atoms with Gasteiger partial charge in [0.05, 0.1) is 18.1 Å². The molecule has 3 rings (SSSR count). The Balaban J connectivity index is 1.71. The number of nitrogens with one attached hydrogen (secondary N) is 1. The quantitative estimate of drug-likeness (QED) is 0.502.